The van der Waals surface area contributed by atoms with Crippen molar-refractivity contribution in [1.82, 2.24) is 0 Å². The van der Waals surface area contributed by atoms with E-state index in [1.807, 2.05) is 24.3 Å². The van der Waals surface area contributed by atoms with Crippen molar-refractivity contribution < 1.29 is 4.42 Å². The predicted molar refractivity (Wildman–Crippen MR) is 53.8 cm³/mol. The summed E-state index contributed by atoms with van der Waals surface area (Å²) in [5.41, 5.74) is 7.32. The number of furan rings is 1. The fraction of sp³-hybridized carbons (Fsp3) is 0.200. The van der Waals surface area contributed by atoms with Gasteiger partial charge in [0, 0.05) is 18.5 Å². The number of hydrogen-bond acceptors (Lipinski definition) is 3. The molecule has 0 fully saturated rings. The molecule has 0 aliphatic carbocycles. The Labute approximate surface area is 76.5 Å². The van der Waals surface area contributed by atoms with Crippen molar-refractivity contribution in [2.45, 2.75) is 0 Å². The van der Waals surface area contributed by atoms with Crippen molar-refractivity contribution in [2.24, 2.45) is 5.73 Å². The zero-order valence-electron chi connectivity index (χ0n) is 7.29. The van der Waals surface area contributed by atoms with Gasteiger partial charge in [0.1, 0.15) is 11.8 Å². The molecule has 0 saturated heterocycles. The first-order valence-electron chi connectivity index (χ1n) is 4.32. The standard InChI is InChI=1S/C10H12N2O/c11-5-6-12-9-7-13-10-4-2-1-3-8(9)10/h1-4,7,12H,5-6,11H2. The number of fused-ring (bicyclic) bond motifs is 1. The molecule has 0 bridgehead atoms. The lowest BCUT2D eigenvalue weighted by Crippen LogP contribution is -2.12. The zero-order valence-corrected chi connectivity index (χ0v) is 7.29. The predicted octanol–water partition coefficient (Wildman–Crippen LogP) is 1.80. The van der Waals surface area contributed by atoms with Crippen LogP contribution in [0, 0.1) is 0 Å². The first-order valence-corrected chi connectivity index (χ1v) is 4.32. The maximum Gasteiger partial charge on any atom is 0.136 e. The molecule has 1 aromatic carbocycles. The van der Waals surface area contributed by atoms with Crippen LogP contribution in [0.3, 0.4) is 0 Å². The maximum atomic E-state index is 5.40. The fourth-order valence-electron chi connectivity index (χ4n) is 1.32. The highest BCUT2D eigenvalue weighted by Gasteiger charge is 2.02. The Morgan fingerprint density at radius 2 is 2.15 bits per heavy atom. The molecular formula is C10H12N2O. The van der Waals surface area contributed by atoms with Crippen LogP contribution in [0.2, 0.25) is 0 Å². The number of para-hydroxylation sites is 1. The molecule has 0 amide bonds. The molecule has 1 aromatic heterocycles. The molecule has 0 aliphatic heterocycles. The van der Waals surface area contributed by atoms with Crippen LogP contribution in [0.15, 0.2) is 34.9 Å². The average Bonchev–Trinajstić information content (AvgIpc) is 2.58. The van der Waals surface area contributed by atoms with E-state index < -0.39 is 0 Å². The highest BCUT2D eigenvalue weighted by Crippen LogP contribution is 2.24. The maximum absolute atomic E-state index is 5.40. The molecule has 1 heterocycles. The van der Waals surface area contributed by atoms with Gasteiger partial charge in [-0.05, 0) is 12.1 Å². The third-order valence-electron chi connectivity index (χ3n) is 1.94. The van der Waals surface area contributed by atoms with E-state index in [0.717, 1.165) is 23.2 Å². The van der Waals surface area contributed by atoms with Crippen LogP contribution in [0.4, 0.5) is 5.69 Å². The van der Waals surface area contributed by atoms with Gasteiger partial charge in [0.2, 0.25) is 0 Å². The monoisotopic (exact) mass is 176 g/mol. The molecule has 0 unspecified atom stereocenters. The van der Waals surface area contributed by atoms with Crippen molar-refractivity contribution >= 4 is 16.7 Å². The summed E-state index contributed by atoms with van der Waals surface area (Å²) < 4.78 is 5.34. The Kier molecular flexibility index (Phi) is 2.19. The lowest BCUT2D eigenvalue weighted by molar-refractivity contribution is 0.616. The van der Waals surface area contributed by atoms with E-state index in [1.165, 1.54) is 0 Å². The van der Waals surface area contributed by atoms with E-state index >= 15 is 0 Å². The van der Waals surface area contributed by atoms with E-state index in [-0.39, 0.29) is 0 Å². The molecule has 68 valence electrons. The quantitative estimate of drug-likeness (QED) is 0.749. The van der Waals surface area contributed by atoms with E-state index in [1.54, 1.807) is 6.26 Å². The molecule has 3 heteroatoms. The van der Waals surface area contributed by atoms with Gasteiger partial charge in [-0.2, -0.15) is 0 Å². The molecule has 2 aromatic rings. The third-order valence-corrected chi connectivity index (χ3v) is 1.94. The van der Waals surface area contributed by atoms with Gasteiger partial charge in [0.05, 0.1) is 5.69 Å². The minimum absolute atomic E-state index is 0.625. The summed E-state index contributed by atoms with van der Waals surface area (Å²) in [7, 11) is 0. The highest BCUT2D eigenvalue weighted by molar-refractivity contribution is 5.90. The fourth-order valence-corrected chi connectivity index (χ4v) is 1.32. The first kappa shape index (κ1) is 8.13. The van der Waals surface area contributed by atoms with Gasteiger partial charge in [-0.3, -0.25) is 0 Å². The molecule has 13 heavy (non-hydrogen) atoms. The second kappa shape index (κ2) is 3.49. The van der Waals surface area contributed by atoms with Crippen LogP contribution in [-0.4, -0.2) is 13.1 Å². The van der Waals surface area contributed by atoms with Crippen LogP contribution in [0.1, 0.15) is 0 Å². The summed E-state index contributed by atoms with van der Waals surface area (Å²) in [4.78, 5) is 0. The van der Waals surface area contributed by atoms with Gasteiger partial charge in [0.25, 0.3) is 0 Å². The summed E-state index contributed by atoms with van der Waals surface area (Å²) in [5.74, 6) is 0. The second-order valence-electron chi connectivity index (χ2n) is 2.86. The molecule has 0 spiro atoms. The topological polar surface area (TPSA) is 51.2 Å². The number of nitrogens with one attached hydrogen (secondary N) is 1. The minimum atomic E-state index is 0.625. The number of rotatable bonds is 3. The van der Waals surface area contributed by atoms with Crippen LogP contribution in [-0.2, 0) is 0 Å². The van der Waals surface area contributed by atoms with Gasteiger partial charge >= 0.3 is 0 Å². The van der Waals surface area contributed by atoms with E-state index in [2.05, 4.69) is 5.32 Å². The third kappa shape index (κ3) is 1.51. The Morgan fingerprint density at radius 3 is 3.00 bits per heavy atom. The minimum Gasteiger partial charge on any atom is -0.462 e. The van der Waals surface area contributed by atoms with Gasteiger partial charge in [-0.25, -0.2) is 0 Å². The van der Waals surface area contributed by atoms with Gasteiger partial charge < -0.3 is 15.5 Å². The smallest absolute Gasteiger partial charge is 0.136 e. The summed E-state index contributed by atoms with van der Waals surface area (Å²) in [6.07, 6.45) is 1.72. The number of hydrogen-bond donors (Lipinski definition) is 2. The molecule has 2 rings (SSSR count). The van der Waals surface area contributed by atoms with Crippen LogP contribution in [0.5, 0.6) is 0 Å². The van der Waals surface area contributed by atoms with E-state index in [9.17, 15) is 0 Å². The average molecular weight is 176 g/mol. The molecule has 0 atom stereocenters. The molecule has 0 saturated carbocycles. The largest absolute Gasteiger partial charge is 0.462 e. The van der Waals surface area contributed by atoms with Crippen molar-refractivity contribution in [3.05, 3.63) is 30.5 Å². The van der Waals surface area contributed by atoms with Gasteiger partial charge in [0.15, 0.2) is 0 Å². The first-order chi connectivity index (χ1) is 6.42. The van der Waals surface area contributed by atoms with Crippen molar-refractivity contribution in [3.8, 4) is 0 Å². The zero-order chi connectivity index (χ0) is 9.10. The van der Waals surface area contributed by atoms with Crippen molar-refractivity contribution in [3.63, 3.8) is 0 Å². The molecule has 0 radical (unpaired) electrons. The summed E-state index contributed by atoms with van der Waals surface area (Å²) in [6, 6.07) is 7.92. The number of benzene rings is 1. The second-order valence-corrected chi connectivity index (χ2v) is 2.86. The van der Waals surface area contributed by atoms with Crippen molar-refractivity contribution in [2.75, 3.05) is 18.4 Å². The Hall–Kier alpha value is -1.48. The SMILES string of the molecule is NCCNc1coc2ccccc12. The van der Waals surface area contributed by atoms with Gasteiger partial charge in [-0.15, -0.1) is 0 Å². The highest BCUT2D eigenvalue weighted by atomic mass is 16.3. The summed E-state index contributed by atoms with van der Waals surface area (Å²) in [6.45, 7) is 1.39. The number of nitrogens with two attached hydrogens (primary N) is 1. The number of anilines is 1. The Morgan fingerprint density at radius 1 is 1.31 bits per heavy atom. The lowest BCUT2D eigenvalue weighted by atomic mass is 10.2. The van der Waals surface area contributed by atoms with Crippen molar-refractivity contribution in [1.29, 1.82) is 0 Å². The molecule has 3 N–H and O–H groups in total. The van der Waals surface area contributed by atoms with E-state index in [0.29, 0.717) is 6.54 Å². The van der Waals surface area contributed by atoms with Crippen LogP contribution in [0.25, 0.3) is 11.0 Å². The molecular weight excluding hydrogens is 164 g/mol. The summed E-state index contributed by atoms with van der Waals surface area (Å²) in [5, 5.41) is 4.31. The van der Waals surface area contributed by atoms with Gasteiger partial charge in [-0.1, -0.05) is 12.1 Å². The van der Waals surface area contributed by atoms with Crippen LogP contribution >= 0.6 is 0 Å². The van der Waals surface area contributed by atoms with E-state index in [4.69, 9.17) is 10.2 Å². The lowest BCUT2D eigenvalue weighted by Gasteiger charge is -1.99. The van der Waals surface area contributed by atoms with Crippen LogP contribution < -0.4 is 11.1 Å². The Balaban J connectivity index is 2.35. The Bertz CT molecular complexity index is 394. The molecule has 3 nitrogen and oxygen atoms in total. The normalized spacial score (nSPS) is 10.5. The molecule has 0 aliphatic rings. The summed E-state index contributed by atoms with van der Waals surface area (Å²) >= 11 is 0.